The third kappa shape index (κ3) is 2.70. The molecule has 4 nitrogen and oxygen atoms in total. The highest BCUT2D eigenvalue weighted by atomic mass is 19.1. The van der Waals surface area contributed by atoms with Crippen molar-refractivity contribution in [2.45, 2.75) is 27.2 Å². The maximum atomic E-state index is 13.5. The molecule has 0 aliphatic carbocycles. The molecule has 1 amide bonds. The Hall–Kier alpha value is -2.69. The minimum atomic E-state index is -0.408. The van der Waals surface area contributed by atoms with Gasteiger partial charge in [-0.05, 0) is 43.5 Å². The van der Waals surface area contributed by atoms with E-state index in [1.54, 1.807) is 13.0 Å². The Bertz CT molecular complexity index is 899. The Labute approximate surface area is 134 Å². The van der Waals surface area contributed by atoms with Crippen LogP contribution in [-0.4, -0.2) is 15.3 Å². The van der Waals surface area contributed by atoms with E-state index in [4.69, 9.17) is 0 Å². The SMILES string of the molecule is CCc1cccc(C)c1NC(=O)c1c(C)nc2ccc(F)cn12. The fraction of sp³-hybridized carbons (Fsp3) is 0.222. The number of fused-ring (bicyclic) bond motifs is 1. The van der Waals surface area contributed by atoms with Gasteiger partial charge in [-0.1, -0.05) is 25.1 Å². The van der Waals surface area contributed by atoms with Crippen molar-refractivity contribution >= 4 is 17.2 Å². The molecule has 0 bridgehead atoms. The smallest absolute Gasteiger partial charge is 0.274 e. The zero-order valence-electron chi connectivity index (χ0n) is 13.4. The number of rotatable bonds is 3. The van der Waals surface area contributed by atoms with Crippen molar-refractivity contribution in [1.82, 2.24) is 9.38 Å². The molecule has 0 fully saturated rings. The van der Waals surface area contributed by atoms with E-state index in [0.717, 1.165) is 23.2 Å². The first kappa shape index (κ1) is 15.2. The number of hydrogen-bond donors (Lipinski definition) is 1. The highest BCUT2D eigenvalue weighted by molar-refractivity contribution is 6.05. The number of para-hydroxylation sites is 1. The lowest BCUT2D eigenvalue weighted by molar-refractivity contribution is 0.102. The van der Waals surface area contributed by atoms with Crippen LogP contribution in [-0.2, 0) is 6.42 Å². The fourth-order valence-corrected chi connectivity index (χ4v) is 2.78. The summed E-state index contributed by atoms with van der Waals surface area (Å²) in [6, 6.07) is 8.81. The van der Waals surface area contributed by atoms with Gasteiger partial charge in [0.15, 0.2) is 0 Å². The van der Waals surface area contributed by atoms with Crippen LogP contribution in [0.1, 0.15) is 34.2 Å². The third-order valence-electron chi connectivity index (χ3n) is 3.95. The molecule has 2 aromatic heterocycles. The van der Waals surface area contributed by atoms with E-state index in [9.17, 15) is 9.18 Å². The number of aryl methyl sites for hydroxylation is 3. The molecule has 0 saturated carbocycles. The highest BCUT2D eigenvalue weighted by Gasteiger charge is 2.18. The fourth-order valence-electron chi connectivity index (χ4n) is 2.78. The lowest BCUT2D eigenvalue weighted by atomic mass is 10.1. The van der Waals surface area contributed by atoms with Crippen LogP contribution in [0.25, 0.3) is 5.65 Å². The van der Waals surface area contributed by atoms with Crippen LogP contribution in [0.5, 0.6) is 0 Å². The number of aromatic nitrogens is 2. The molecule has 23 heavy (non-hydrogen) atoms. The molecule has 0 aliphatic rings. The van der Waals surface area contributed by atoms with Crippen molar-refractivity contribution in [2.75, 3.05) is 5.32 Å². The van der Waals surface area contributed by atoms with E-state index < -0.39 is 5.82 Å². The molecule has 3 aromatic rings. The van der Waals surface area contributed by atoms with Gasteiger partial charge in [0.2, 0.25) is 0 Å². The van der Waals surface area contributed by atoms with Crippen LogP contribution < -0.4 is 5.32 Å². The molecule has 0 spiro atoms. The number of halogens is 1. The standard InChI is InChI=1S/C18H18FN3O/c1-4-13-7-5-6-11(2)16(13)21-18(23)17-12(3)20-15-9-8-14(19)10-22(15)17/h5-10H,4H2,1-3H3,(H,21,23). The number of amides is 1. The van der Waals surface area contributed by atoms with Gasteiger partial charge in [0, 0.05) is 11.9 Å². The van der Waals surface area contributed by atoms with Gasteiger partial charge >= 0.3 is 0 Å². The summed E-state index contributed by atoms with van der Waals surface area (Å²) in [7, 11) is 0. The molecule has 0 unspecified atom stereocenters. The number of carbonyl (C=O) groups is 1. The Balaban J connectivity index is 2.05. The van der Waals surface area contributed by atoms with E-state index in [-0.39, 0.29) is 5.91 Å². The van der Waals surface area contributed by atoms with E-state index in [1.165, 1.54) is 16.7 Å². The second-order valence-electron chi connectivity index (χ2n) is 5.54. The molecule has 1 N–H and O–H groups in total. The maximum absolute atomic E-state index is 13.5. The Morgan fingerprint density at radius 3 is 2.78 bits per heavy atom. The zero-order valence-corrected chi connectivity index (χ0v) is 13.4. The lowest BCUT2D eigenvalue weighted by Gasteiger charge is -2.13. The van der Waals surface area contributed by atoms with Crippen molar-refractivity contribution in [3.63, 3.8) is 0 Å². The monoisotopic (exact) mass is 311 g/mol. The number of nitrogens with one attached hydrogen (secondary N) is 1. The molecule has 0 aliphatic heterocycles. The van der Waals surface area contributed by atoms with Gasteiger partial charge in [-0.25, -0.2) is 9.37 Å². The lowest BCUT2D eigenvalue weighted by Crippen LogP contribution is -2.17. The van der Waals surface area contributed by atoms with Gasteiger partial charge in [-0.3, -0.25) is 9.20 Å². The van der Waals surface area contributed by atoms with Crippen molar-refractivity contribution in [3.8, 4) is 0 Å². The van der Waals surface area contributed by atoms with Crippen molar-refractivity contribution in [2.24, 2.45) is 0 Å². The zero-order chi connectivity index (χ0) is 16.6. The van der Waals surface area contributed by atoms with Gasteiger partial charge in [-0.15, -0.1) is 0 Å². The molecule has 3 rings (SSSR count). The van der Waals surface area contributed by atoms with Crippen LogP contribution in [0.15, 0.2) is 36.5 Å². The minimum Gasteiger partial charge on any atom is -0.320 e. The van der Waals surface area contributed by atoms with Gasteiger partial charge in [-0.2, -0.15) is 0 Å². The number of imidazole rings is 1. The Morgan fingerprint density at radius 1 is 1.26 bits per heavy atom. The first-order valence-electron chi connectivity index (χ1n) is 7.55. The van der Waals surface area contributed by atoms with E-state index >= 15 is 0 Å². The second-order valence-corrected chi connectivity index (χ2v) is 5.54. The second kappa shape index (κ2) is 5.83. The Kier molecular flexibility index (Phi) is 3.86. The number of carbonyl (C=O) groups excluding carboxylic acids is 1. The van der Waals surface area contributed by atoms with Crippen molar-refractivity contribution in [3.05, 3.63) is 64.9 Å². The first-order chi connectivity index (χ1) is 11.0. The molecular formula is C18H18FN3O. The van der Waals surface area contributed by atoms with Crippen LogP contribution in [0, 0.1) is 19.7 Å². The number of hydrogen-bond acceptors (Lipinski definition) is 2. The summed E-state index contributed by atoms with van der Waals surface area (Å²) in [6.45, 7) is 5.74. The predicted octanol–water partition coefficient (Wildman–Crippen LogP) is 3.90. The van der Waals surface area contributed by atoms with Crippen LogP contribution in [0.3, 0.4) is 0 Å². The van der Waals surface area contributed by atoms with Crippen molar-refractivity contribution in [1.29, 1.82) is 0 Å². The van der Waals surface area contributed by atoms with E-state index in [1.807, 2.05) is 32.0 Å². The van der Waals surface area contributed by atoms with E-state index in [2.05, 4.69) is 10.3 Å². The maximum Gasteiger partial charge on any atom is 0.274 e. The number of benzene rings is 1. The predicted molar refractivity (Wildman–Crippen MR) is 88.4 cm³/mol. The summed E-state index contributed by atoms with van der Waals surface area (Å²) >= 11 is 0. The molecule has 5 heteroatoms. The average molecular weight is 311 g/mol. The normalized spacial score (nSPS) is 11.0. The van der Waals surface area contributed by atoms with Gasteiger partial charge in [0.1, 0.15) is 17.2 Å². The molecule has 118 valence electrons. The number of pyridine rings is 1. The van der Waals surface area contributed by atoms with Crippen molar-refractivity contribution < 1.29 is 9.18 Å². The minimum absolute atomic E-state index is 0.287. The summed E-state index contributed by atoms with van der Waals surface area (Å²) < 4.78 is 15.0. The quantitative estimate of drug-likeness (QED) is 0.797. The van der Waals surface area contributed by atoms with Crippen LogP contribution in [0.2, 0.25) is 0 Å². The molecule has 0 radical (unpaired) electrons. The van der Waals surface area contributed by atoms with E-state index in [0.29, 0.717) is 17.0 Å². The highest BCUT2D eigenvalue weighted by Crippen LogP contribution is 2.23. The van der Waals surface area contributed by atoms with Crippen LogP contribution >= 0.6 is 0 Å². The summed E-state index contributed by atoms with van der Waals surface area (Å²) in [5.74, 6) is -0.696. The average Bonchev–Trinajstić information content (AvgIpc) is 2.84. The Morgan fingerprint density at radius 2 is 2.04 bits per heavy atom. The number of nitrogens with zero attached hydrogens (tertiary/aromatic N) is 2. The molecule has 0 atom stereocenters. The van der Waals surface area contributed by atoms with Gasteiger partial charge in [0.05, 0.1) is 5.69 Å². The van der Waals surface area contributed by atoms with Crippen LogP contribution in [0.4, 0.5) is 10.1 Å². The first-order valence-corrected chi connectivity index (χ1v) is 7.55. The summed E-state index contributed by atoms with van der Waals surface area (Å²) in [6.07, 6.45) is 2.10. The molecule has 2 heterocycles. The summed E-state index contributed by atoms with van der Waals surface area (Å²) in [4.78, 5) is 17.1. The molecule has 0 saturated heterocycles. The van der Waals surface area contributed by atoms with Gasteiger partial charge in [0.25, 0.3) is 5.91 Å². The third-order valence-corrected chi connectivity index (χ3v) is 3.95. The topological polar surface area (TPSA) is 46.4 Å². The number of anilines is 1. The summed E-state index contributed by atoms with van der Waals surface area (Å²) in [5.41, 5.74) is 4.34. The largest absolute Gasteiger partial charge is 0.320 e. The molecular weight excluding hydrogens is 293 g/mol. The summed E-state index contributed by atoms with van der Waals surface area (Å²) in [5, 5.41) is 2.96. The molecule has 1 aromatic carbocycles. The van der Waals surface area contributed by atoms with Gasteiger partial charge < -0.3 is 5.32 Å².